The highest BCUT2D eigenvalue weighted by Gasteiger charge is 2.10. The summed E-state index contributed by atoms with van der Waals surface area (Å²) in [6.45, 7) is 5.95. The van der Waals surface area contributed by atoms with E-state index in [1.807, 2.05) is 12.1 Å². The average molecular weight is 329 g/mol. The lowest BCUT2D eigenvalue weighted by Crippen LogP contribution is -2.38. The molecule has 2 rings (SSSR count). The van der Waals surface area contributed by atoms with Crippen LogP contribution >= 0.6 is 15.9 Å². The Morgan fingerprint density at radius 2 is 2.11 bits per heavy atom. The monoisotopic (exact) mass is 328 g/mol. The number of rotatable bonds is 6. The lowest BCUT2D eigenvalue weighted by Gasteiger charge is -2.26. The number of hydrogen-bond acceptors (Lipinski definition) is 4. The molecule has 5 heteroatoms. The first kappa shape index (κ1) is 14.8. The molecule has 4 nitrogen and oxygen atoms in total. The molecule has 1 aromatic carbocycles. The highest BCUT2D eigenvalue weighted by atomic mass is 79.9. The number of halogens is 1. The summed E-state index contributed by atoms with van der Waals surface area (Å²) in [6, 6.07) is 6.09. The van der Waals surface area contributed by atoms with Crippen molar-refractivity contribution in [3.05, 3.63) is 28.2 Å². The third-order valence-electron chi connectivity index (χ3n) is 3.20. The lowest BCUT2D eigenvalue weighted by atomic mass is 10.1. The van der Waals surface area contributed by atoms with Crippen molar-refractivity contribution in [3.8, 4) is 5.75 Å². The molecule has 1 aliphatic heterocycles. The highest BCUT2D eigenvalue weighted by Crippen LogP contribution is 2.23. The van der Waals surface area contributed by atoms with E-state index in [9.17, 15) is 0 Å². The molecule has 0 radical (unpaired) electrons. The summed E-state index contributed by atoms with van der Waals surface area (Å²) in [6.07, 6.45) is 0.840. The first-order valence-corrected chi connectivity index (χ1v) is 7.50. The summed E-state index contributed by atoms with van der Waals surface area (Å²) < 4.78 is 12.3. The van der Waals surface area contributed by atoms with Crippen LogP contribution in [0.5, 0.6) is 5.75 Å². The molecule has 1 saturated heterocycles. The molecule has 0 aliphatic carbocycles. The molecule has 1 fully saturated rings. The zero-order valence-corrected chi connectivity index (χ0v) is 12.7. The minimum Gasteiger partial charge on any atom is -0.492 e. The summed E-state index contributed by atoms with van der Waals surface area (Å²) >= 11 is 3.48. The van der Waals surface area contributed by atoms with E-state index in [0.717, 1.165) is 49.5 Å². The van der Waals surface area contributed by atoms with Gasteiger partial charge in [-0.3, -0.25) is 4.90 Å². The van der Waals surface area contributed by atoms with Crippen LogP contribution < -0.4 is 10.5 Å². The van der Waals surface area contributed by atoms with Crippen molar-refractivity contribution in [2.75, 3.05) is 46.0 Å². The molecule has 0 aromatic heterocycles. The predicted octanol–water partition coefficient (Wildman–Crippen LogP) is 1.66. The van der Waals surface area contributed by atoms with Crippen molar-refractivity contribution >= 4 is 15.9 Å². The van der Waals surface area contributed by atoms with Crippen molar-refractivity contribution in [2.24, 2.45) is 5.73 Å². The van der Waals surface area contributed by atoms with Gasteiger partial charge in [0.15, 0.2) is 0 Å². The van der Waals surface area contributed by atoms with Crippen molar-refractivity contribution < 1.29 is 9.47 Å². The van der Waals surface area contributed by atoms with Crippen LogP contribution in [-0.4, -0.2) is 50.9 Å². The molecule has 0 atom stereocenters. The minimum atomic E-state index is 0.635. The maximum Gasteiger partial charge on any atom is 0.122 e. The van der Waals surface area contributed by atoms with Gasteiger partial charge in [-0.25, -0.2) is 0 Å². The molecule has 19 heavy (non-hydrogen) atoms. The maximum atomic E-state index is 5.89. The van der Waals surface area contributed by atoms with Gasteiger partial charge in [-0.05, 0) is 36.7 Å². The molecule has 2 N–H and O–H groups in total. The second kappa shape index (κ2) is 7.85. The molecule has 1 aliphatic rings. The standard InChI is InChI=1S/C14H21BrN2O2/c15-13-1-2-14(12(11-13)3-4-16)19-10-7-17-5-8-18-9-6-17/h1-2,11H,3-10,16H2. The van der Waals surface area contributed by atoms with Gasteiger partial charge in [0, 0.05) is 24.1 Å². The highest BCUT2D eigenvalue weighted by molar-refractivity contribution is 9.10. The Morgan fingerprint density at radius 3 is 2.84 bits per heavy atom. The Kier molecular flexibility index (Phi) is 6.10. The maximum absolute atomic E-state index is 5.89. The van der Waals surface area contributed by atoms with Gasteiger partial charge in [-0.15, -0.1) is 0 Å². The lowest BCUT2D eigenvalue weighted by molar-refractivity contribution is 0.0322. The molecular weight excluding hydrogens is 308 g/mol. The van der Waals surface area contributed by atoms with E-state index in [4.69, 9.17) is 15.2 Å². The van der Waals surface area contributed by atoms with Gasteiger partial charge in [-0.2, -0.15) is 0 Å². The molecule has 106 valence electrons. The summed E-state index contributed by atoms with van der Waals surface area (Å²) in [7, 11) is 0. The normalized spacial score (nSPS) is 16.5. The smallest absolute Gasteiger partial charge is 0.122 e. The van der Waals surface area contributed by atoms with Gasteiger partial charge in [0.25, 0.3) is 0 Å². The summed E-state index contributed by atoms with van der Waals surface area (Å²) in [5, 5.41) is 0. The Hall–Kier alpha value is -0.620. The van der Waals surface area contributed by atoms with E-state index in [1.54, 1.807) is 0 Å². The molecule has 0 unspecified atom stereocenters. The van der Waals surface area contributed by atoms with Gasteiger partial charge in [0.1, 0.15) is 12.4 Å². The molecule has 1 heterocycles. The molecule has 0 amide bonds. The van der Waals surface area contributed by atoms with Crippen LogP contribution in [0.2, 0.25) is 0 Å². The van der Waals surface area contributed by atoms with Crippen molar-refractivity contribution in [2.45, 2.75) is 6.42 Å². The fourth-order valence-electron chi connectivity index (χ4n) is 2.15. The van der Waals surface area contributed by atoms with Crippen molar-refractivity contribution in [1.82, 2.24) is 4.90 Å². The third-order valence-corrected chi connectivity index (χ3v) is 3.70. The van der Waals surface area contributed by atoms with Gasteiger partial charge >= 0.3 is 0 Å². The Morgan fingerprint density at radius 1 is 1.32 bits per heavy atom. The van der Waals surface area contributed by atoms with E-state index < -0.39 is 0 Å². The van der Waals surface area contributed by atoms with Gasteiger partial charge in [-0.1, -0.05) is 15.9 Å². The topological polar surface area (TPSA) is 47.7 Å². The predicted molar refractivity (Wildman–Crippen MR) is 79.7 cm³/mol. The molecule has 0 spiro atoms. The van der Waals surface area contributed by atoms with Crippen molar-refractivity contribution in [3.63, 3.8) is 0 Å². The summed E-state index contributed by atoms with van der Waals surface area (Å²) in [4.78, 5) is 2.37. The SMILES string of the molecule is NCCc1cc(Br)ccc1OCCN1CCOCC1. The van der Waals surface area contributed by atoms with Crippen LogP contribution in [0.4, 0.5) is 0 Å². The van der Waals surface area contributed by atoms with Gasteiger partial charge in [0.05, 0.1) is 13.2 Å². The Bertz CT molecular complexity index is 395. The molecule has 0 saturated carbocycles. The van der Waals surface area contributed by atoms with E-state index in [-0.39, 0.29) is 0 Å². The molecule has 1 aromatic rings. The van der Waals surface area contributed by atoms with Crippen LogP contribution in [0, 0.1) is 0 Å². The number of nitrogens with two attached hydrogens (primary N) is 1. The van der Waals surface area contributed by atoms with E-state index in [2.05, 4.69) is 26.9 Å². The van der Waals surface area contributed by atoms with Crippen LogP contribution in [0.1, 0.15) is 5.56 Å². The second-order valence-corrected chi connectivity index (χ2v) is 5.51. The number of morpholine rings is 1. The summed E-state index contributed by atoms with van der Waals surface area (Å²) in [5.74, 6) is 0.946. The number of benzene rings is 1. The number of hydrogen-bond donors (Lipinski definition) is 1. The minimum absolute atomic E-state index is 0.635. The first-order chi connectivity index (χ1) is 9.29. The average Bonchev–Trinajstić information content (AvgIpc) is 2.43. The third kappa shape index (κ3) is 4.76. The van der Waals surface area contributed by atoms with Crippen LogP contribution in [0.15, 0.2) is 22.7 Å². The first-order valence-electron chi connectivity index (χ1n) is 6.71. The zero-order chi connectivity index (χ0) is 13.5. The van der Waals surface area contributed by atoms with E-state index in [0.29, 0.717) is 13.2 Å². The molecular formula is C14H21BrN2O2. The van der Waals surface area contributed by atoms with Crippen LogP contribution in [-0.2, 0) is 11.2 Å². The molecule has 0 bridgehead atoms. The van der Waals surface area contributed by atoms with Crippen LogP contribution in [0.3, 0.4) is 0 Å². The Balaban J connectivity index is 1.84. The number of nitrogens with zero attached hydrogens (tertiary/aromatic N) is 1. The van der Waals surface area contributed by atoms with E-state index >= 15 is 0 Å². The van der Waals surface area contributed by atoms with E-state index in [1.165, 1.54) is 5.56 Å². The fraction of sp³-hybridized carbons (Fsp3) is 0.571. The quantitative estimate of drug-likeness (QED) is 0.862. The fourth-order valence-corrected chi connectivity index (χ4v) is 2.56. The summed E-state index contributed by atoms with van der Waals surface area (Å²) in [5.41, 5.74) is 6.80. The van der Waals surface area contributed by atoms with Crippen LogP contribution in [0.25, 0.3) is 0 Å². The Labute approximate surface area is 123 Å². The second-order valence-electron chi connectivity index (χ2n) is 4.59. The largest absolute Gasteiger partial charge is 0.492 e. The van der Waals surface area contributed by atoms with Gasteiger partial charge in [0.2, 0.25) is 0 Å². The zero-order valence-electron chi connectivity index (χ0n) is 11.1. The number of ether oxygens (including phenoxy) is 2. The van der Waals surface area contributed by atoms with Gasteiger partial charge < -0.3 is 15.2 Å². The van der Waals surface area contributed by atoms with Crippen molar-refractivity contribution in [1.29, 1.82) is 0 Å².